The summed E-state index contributed by atoms with van der Waals surface area (Å²) in [6.07, 6.45) is 4.88. The zero-order valence-electron chi connectivity index (χ0n) is 19.0. The lowest BCUT2D eigenvalue weighted by molar-refractivity contribution is -0.137. The molecule has 0 unspecified atom stereocenters. The molecule has 4 rings (SSSR count). The molecule has 0 saturated heterocycles. The van der Waals surface area contributed by atoms with Crippen molar-refractivity contribution in [3.05, 3.63) is 78.1 Å². The Morgan fingerprint density at radius 1 is 0.971 bits per heavy atom. The lowest BCUT2D eigenvalue weighted by Gasteiger charge is -2.29. The molecule has 1 aliphatic carbocycles. The van der Waals surface area contributed by atoms with E-state index >= 15 is 0 Å². The molecule has 7 nitrogen and oxygen atoms in total. The first-order valence-electron chi connectivity index (χ1n) is 11.6. The van der Waals surface area contributed by atoms with Gasteiger partial charge in [-0.15, -0.1) is 0 Å². The summed E-state index contributed by atoms with van der Waals surface area (Å²) < 4.78 is 11.3. The standard InChI is InChI=1S/C27H29NO6/c29-25(30)10-2-1-5-17-34-24-8-4-3-7-22(24)26(31)28(27(32)15-16-27)19-20-11-13-21(14-12-20)23-9-6-18-33-23/h3-4,6-9,11-14,18,32H,1-2,5,10,15-17,19H2,(H,29,30). The van der Waals surface area contributed by atoms with Gasteiger partial charge in [0.2, 0.25) is 0 Å². The summed E-state index contributed by atoms with van der Waals surface area (Å²) in [6.45, 7) is 0.666. The monoisotopic (exact) mass is 463 g/mol. The molecule has 0 spiro atoms. The highest BCUT2D eigenvalue weighted by Crippen LogP contribution is 2.41. The van der Waals surface area contributed by atoms with Crippen LogP contribution in [0.5, 0.6) is 5.75 Å². The van der Waals surface area contributed by atoms with E-state index in [2.05, 4.69) is 0 Å². The van der Waals surface area contributed by atoms with Gasteiger partial charge < -0.3 is 24.3 Å². The van der Waals surface area contributed by atoms with E-state index in [-0.39, 0.29) is 18.9 Å². The molecule has 0 atom stereocenters. The van der Waals surface area contributed by atoms with Crippen molar-refractivity contribution < 1.29 is 29.0 Å². The van der Waals surface area contributed by atoms with Crippen molar-refractivity contribution in [3.8, 4) is 17.1 Å². The Balaban J connectivity index is 1.43. The van der Waals surface area contributed by atoms with Crippen LogP contribution in [-0.4, -0.2) is 39.3 Å². The largest absolute Gasteiger partial charge is 0.493 e. The van der Waals surface area contributed by atoms with E-state index in [1.165, 1.54) is 4.90 Å². The molecule has 0 aliphatic heterocycles. The van der Waals surface area contributed by atoms with Gasteiger partial charge >= 0.3 is 5.97 Å². The van der Waals surface area contributed by atoms with Gasteiger partial charge in [-0.3, -0.25) is 9.59 Å². The van der Waals surface area contributed by atoms with Crippen molar-refractivity contribution in [1.29, 1.82) is 0 Å². The highest BCUT2D eigenvalue weighted by atomic mass is 16.5. The fraction of sp³-hybridized carbons (Fsp3) is 0.333. The Bertz CT molecular complexity index is 1100. The van der Waals surface area contributed by atoms with Crippen molar-refractivity contribution in [3.63, 3.8) is 0 Å². The number of para-hydroxylation sites is 1. The number of furan rings is 1. The maximum atomic E-state index is 13.5. The van der Waals surface area contributed by atoms with E-state index in [9.17, 15) is 14.7 Å². The first-order valence-corrected chi connectivity index (χ1v) is 11.6. The van der Waals surface area contributed by atoms with Crippen molar-refractivity contribution >= 4 is 11.9 Å². The number of hydrogen-bond donors (Lipinski definition) is 2. The summed E-state index contributed by atoms with van der Waals surface area (Å²) in [4.78, 5) is 25.7. The van der Waals surface area contributed by atoms with E-state index in [0.29, 0.717) is 43.6 Å². The second kappa shape index (κ2) is 10.6. The number of nitrogens with zero attached hydrogens (tertiary/aromatic N) is 1. The second-order valence-corrected chi connectivity index (χ2v) is 8.60. The molecular weight excluding hydrogens is 434 g/mol. The summed E-state index contributed by atoms with van der Waals surface area (Å²) in [7, 11) is 0. The number of rotatable bonds is 12. The van der Waals surface area contributed by atoms with Crippen LogP contribution in [0.1, 0.15) is 54.4 Å². The lowest BCUT2D eigenvalue weighted by Crippen LogP contribution is -2.41. The van der Waals surface area contributed by atoms with E-state index in [4.69, 9.17) is 14.3 Å². The first-order chi connectivity index (χ1) is 16.5. The maximum absolute atomic E-state index is 13.5. The molecular formula is C27H29NO6. The first kappa shape index (κ1) is 23.6. The second-order valence-electron chi connectivity index (χ2n) is 8.60. The Morgan fingerprint density at radius 3 is 2.41 bits per heavy atom. The zero-order chi connectivity index (χ0) is 24.0. The van der Waals surface area contributed by atoms with E-state index in [1.54, 1.807) is 30.5 Å². The van der Waals surface area contributed by atoms with Crippen LogP contribution in [0.3, 0.4) is 0 Å². The van der Waals surface area contributed by atoms with Gasteiger partial charge in [0.15, 0.2) is 0 Å². The molecule has 1 aliphatic rings. The van der Waals surface area contributed by atoms with Gasteiger partial charge in [0.25, 0.3) is 5.91 Å². The molecule has 1 aromatic heterocycles. The minimum atomic E-state index is -1.15. The molecule has 0 radical (unpaired) electrons. The molecule has 34 heavy (non-hydrogen) atoms. The Labute approximate surface area is 198 Å². The fourth-order valence-corrected chi connectivity index (χ4v) is 3.84. The molecule has 1 heterocycles. The van der Waals surface area contributed by atoms with Crippen LogP contribution in [0.15, 0.2) is 71.3 Å². The van der Waals surface area contributed by atoms with E-state index in [1.807, 2.05) is 36.4 Å². The van der Waals surface area contributed by atoms with Crippen molar-refractivity contribution in [2.45, 2.75) is 50.8 Å². The van der Waals surface area contributed by atoms with Crippen LogP contribution < -0.4 is 4.74 Å². The molecule has 1 saturated carbocycles. The van der Waals surface area contributed by atoms with Gasteiger partial charge in [0.1, 0.15) is 17.2 Å². The number of carbonyl (C=O) groups is 2. The molecule has 2 N–H and O–H groups in total. The van der Waals surface area contributed by atoms with Crippen LogP contribution in [0.25, 0.3) is 11.3 Å². The number of unbranched alkanes of at least 4 members (excludes halogenated alkanes) is 2. The van der Waals surface area contributed by atoms with E-state index in [0.717, 1.165) is 23.3 Å². The number of amides is 1. The summed E-state index contributed by atoms with van der Waals surface area (Å²) in [5.74, 6) is 0.157. The Morgan fingerprint density at radius 2 is 1.74 bits per heavy atom. The van der Waals surface area contributed by atoms with Crippen LogP contribution >= 0.6 is 0 Å². The molecule has 1 amide bonds. The van der Waals surface area contributed by atoms with Gasteiger partial charge in [-0.1, -0.05) is 36.4 Å². The summed E-state index contributed by atoms with van der Waals surface area (Å²) in [6, 6.07) is 18.5. The van der Waals surface area contributed by atoms with Crippen molar-refractivity contribution in [2.24, 2.45) is 0 Å². The predicted molar refractivity (Wildman–Crippen MR) is 126 cm³/mol. The average molecular weight is 464 g/mol. The number of benzene rings is 2. The predicted octanol–water partition coefficient (Wildman–Crippen LogP) is 5.10. The minimum absolute atomic E-state index is 0.144. The number of carbonyl (C=O) groups excluding carboxylic acids is 1. The maximum Gasteiger partial charge on any atom is 0.303 e. The normalized spacial score (nSPS) is 13.9. The highest BCUT2D eigenvalue weighted by molar-refractivity contribution is 5.97. The smallest absolute Gasteiger partial charge is 0.303 e. The topological polar surface area (TPSA) is 100 Å². The number of hydrogen-bond acceptors (Lipinski definition) is 5. The Kier molecular flexibility index (Phi) is 7.33. The van der Waals surface area contributed by atoms with Gasteiger partial charge in [0.05, 0.1) is 18.4 Å². The van der Waals surface area contributed by atoms with Gasteiger partial charge in [0, 0.05) is 18.5 Å². The van der Waals surface area contributed by atoms with Crippen LogP contribution in [-0.2, 0) is 11.3 Å². The third-order valence-electron chi connectivity index (χ3n) is 5.96. The van der Waals surface area contributed by atoms with Crippen LogP contribution in [0.4, 0.5) is 0 Å². The van der Waals surface area contributed by atoms with Gasteiger partial charge in [-0.2, -0.15) is 0 Å². The van der Waals surface area contributed by atoms with Crippen LogP contribution in [0, 0.1) is 0 Å². The molecule has 178 valence electrons. The van der Waals surface area contributed by atoms with Crippen molar-refractivity contribution in [1.82, 2.24) is 4.90 Å². The highest BCUT2D eigenvalue weighted by Gasteiger charge is 2.49. The summed E-state index contributed by atoms with van der Waals surface area (Å²) >= 11 is 0. The molecule has 2 aromatic carbocycles. The summed E-state index contributed by atoms with van der Waals surface area (Å²) in [5.41, 5.74) is 1.10. The molecule has 3 aromatic rings. The zero-order valence-corrected chi connectivity index (χ0v) is 19.0. The third-order valence-corrected chi connectivity index (χ3v) is 5.96. The number of carboxylic acid groups (broad SMARTS) is 1. The molecule has 7 heteroatoms. The number of aliphatic carboxylic acids is 1. The average Bonchev–Trinajstić information content (AvgIpc) is 3.35. The van der Waals surface area contributed by atoms with E-state index < -0.39 is 11.7 Å². The summed E-state index contributed by atoms with van der Waals surface area (Å²) in [5, 5.41) is 19.6. The van der Waals surface area contributed by atoms with Crippen molar-refractivity contribution in [2.75, 3.05) is 6.61 Å². The quantitative estimate of drug-likeness (QED) is 0.286. The van der Waals surface area contributed by atoms with Crippen LogP contribution in [0.2, 0.25) is 0 Å². The number of ether oxygens (including phenoxy) is 1. The number of aliphatic hydroxyl groups is 1. The fourth-order valence-electron chi connectivity index (χ4n) is 3.84. The van der Waals surface area contributed by atoms with Gasteiger partial charge in [-0.05, 0) is 61.9 Å². The Hall–Kier alpha value is -3.58. The molecule has 1 fully saturated rings. The SMILES string of the molecule is O=C(O)CCCCCOc1ccccc1C(=O)N(Cc1ccc(-c2ccco2)cc1)C1(O)CC1. The molecule has 0 bridgehead atoms. The van der Waals surface area contributed by atoms with Gasteiger partial charge in [-0.25, -0.2) is 0 Å². The third kappa shape index (κ3) is 5.85. The minimum Gasteiger partial charge on any atom is -0.493 e. The lowest BCUT2D eigenvalue weighted by atomic mass is 10.1. The number of carboxylic acids is 1.